The van der Waals surface area contributed by atoms with Gasteiger partial charge in [-0.2, -0.15) is 0 Å². The van der Waals surface area contributed by atoms with Gasteiger partial charge in [-0.1, -0.05) is 6.07 Å². The summed E-state index contributed by atoms with van der Waals surface area (Å²) in [5.41, 5.74) is 0. The second-order valence-electron chi connectivity index (χ2n) is 5.34. The molecule has 0 aliphatic carbocycles. The smallest absolute Gasteiger partial charge is 0.305 e. The molecule has 0 saturated carbocycles. The standard InChI is InChI=1S/C14H22N2O2S/c1-16-6-2-4-11(10-16)9-15-12(8-14(17)18)13-5-3-7-19-13/h3,5,7,11-12,15H,2,4,6,8-10H2,1H3,(H,17,18). The maximum atomic E-state index is 11.0. The van der Waals surface area contributed by atoms with E-state index >= 15 is 0 Å². The zero-order valence-corrected chi connectivity index (χ0v) is 12.2. The molecule has 1 saturated heterocycles. The molecule has 2 atom stereocenters. The third kappa shape index (κ3) is 4.60. The summed E-state index contributed by atoms with van der Waals surface area (Å²) < 4.78 is 0. The van der Waals surface area contributed by atoms with E-state index in [0.29, 0.717) is 5.92 Å². The number of nitrogens with one attached hydrogen (secondary N) is 1. The fraction of sp³-hybridized carbons (Fsp3) is 0.643. The van der Waals surface area contributed by atoms with Crippen LogP contribution in [0.25, 0.3) is 0 Å². The van der Waals surface area contributed by atoms with Gasteiger partial charge in [0.15, 0.2) is 0 Å². The number of hydrogen-bond acceptors (Lipinski definition) is 4. The lowest BCUT2D eigenvalue weighted by atomic mass is 9.98. The normalized spacial score (nSPS) is 22.3. The van der Waals surface area contributed by atoms with E-state index in [1.165, 1.54) is 19.4 Å². The Morgan fingerprint density at radius 2 is 2.53 bits per heavy atom. The number of aliphatic carboxylic acids is 1. The Hall–Kier alpha value is -0.910. The van der Waals surface area contributed by atoms with Crippen molar-refractivity contribution in [2.45, 2.75) is 25.3 Å². The van der Waals surface area contributed by atoms with Gasteiger partial charge in [-0.05, 0) is 50.3 Å². The predicted octanol–water partition coefficient (Wildman–Crippen LogP) is 2.20. The van der Waals surface area contributed by atoms with E-state index in [4.69, 9.17) is 5.11 Å². The van der Waals surface area contributed by atoms with Crippen LogP contribution in [-0.2, 0) is 4.79 Å². The van der Waals surface area contributed by atoms with E-state index in [1.807, 2.05) is 17.5 Å². The maximum absolute atomic E-state index is 11.0. The lowest BCUT2D eigenvalue weighted by molar-refractivity contribution is -0.137. The van der Waals surface area contributed by atoms with Gasteiger partial charge >= 0.3 is 5.97 Å². The highest BCUT2D eigenvalue weighted by Crippen LogP contribution is 2.23. The molecule has 0 radical (unpaired) electrons. The summed E-state index contributed by atoms with van der Waals surface area (Å²) in [7, 11) is 2.15. The highest BCUT2D eigenvalue weighted by Gasteiger charge is 2.21. The number of likely N-dealkylation sites (tertiary alicyclic amines) is 1. The highest BCUT2D eigenvalue weighted by atomic mass is 32.1. The second kappa shape index (κ2) is 7.03. The average molecular weight is 282 g/mol. The number of carbonyl (C=O) groups is 1. The van der Waals surface area contributed by atoms with Crippen molar-refractivity contribution in [3.63, 3.8) is 0 Å². The second-order valence-corrected chi connectivity index (χ2v) is 6.32. The van der Waals surface area contributed by atoms with Crippen molar-refractivity contribution >= 4 is 17.3 Å². The summed E-state index contributed by atoms with van der Waals surface area (Å²) in [6.45, 7) is 3.19. The highest BCUT2D eigenvalue weighted by molar-refractivity contribution is 7.10. The van der Waals surface area contributed by atoms with E-state index in [1.54, 1.807) is 11.3 Å². The molecule has 0 aromatic carbocycles. The van der Waals surface area contributed by atoms with E-state index in [0.717, 1.165) is 18.0 Å². The first-order chi connectivity index (χ1) is 9.15. The summed E-state index contributed by atoms with van der Waals surface area (Å²) in [5.74, 6) is -0.110. The summed E-state index contributed by atoms with van der Waals surface area (Å²) in [6.07, 6.45) is 2.64. The van der Waals surface area contributed by atoms with Gasteiger partial charge in [-0.3, -0.25) is 4.79 Å². The van der Waals surface area contributed by atoms with Crippen LogP contribution in [0.15, 0.2) is 17.5 Å². The summed E-state index contributed by atoms with van der Waals surface area (Å²) in [6, 6.07) is 3.94. The quantitative estimate of drug-likeness (QED) is 0.840. The molecule has 1 aromatic rings. The average Bonchev–Trinajstić information content (AvgIpc) is 2.88. The van der Waals surface area contributed by atoms with Gasteiger partial charge in [-0.25, -0.2) is 0 Å². The van der Waals surface area contributed by atoms with Gasteiger partial charge in [0, 0.05) is 11.4 Å². The molecule has 1 aromatic heterocycles. The Morgan fingerprint density at radius 3 is 3.16 bits per heavy atom. The first-order valence-electron chi connectivity index (χ1n) is 6.82. The maximum Gasteiger partial charge on any atom is 0.305 e. The van der Waals surface area contributed by atoms with Crippen molar-refractivity contribution in [3.8, 4) is 0 Å². The minimum absolute atomic E-state index is 0.0512. The Kier molecular flexibility index (Phi) is 5.36. The fourth-order valence-electron chi connectivity index (χ4n) is 2.69. The molecule has 19 heavy (non-hydrogen) atoms. The minimum Gasteiger partial charge on any atom is -0.481 e. The van der Waals surface area contributed by atoms with Crippen molar-refractivity contribution in [1.82, 2.24) is 10.2 Å². The van der Waals surface area contributed by atoms with Crippen molar-refractivity contribution in [2.24, 2.45) is 5.92 Å². The molecule has 1 aliphatic heterocycles. The fourth-order valence-corrected chi connectivity index (χ4v) is 3.49. The molecule has 2 unspecified atom stereocenters. The van der Waals surface area contributed by atoms with Crippen LogP contribution in [0.4, 0.5) is 0 Å². The molecule has 2 N–H and O–H groups in total. The Bertz CT molecular complexity index is 394. The molecule has 106 valence electrons. The van der Waals surface area contributed by atoms with Crippen LogP contribution in [0.5, 0.6) is 0 Å². The van der Waals surface area contributed by atoms with E-state index in [-0.39, 0.29) is 12.5 Å². The summed E-state index contributed by atoms with van der Waals surface area (Å²) in [4.78, 5) is 14.4. The largest absolute Gasteiger partial charge is 0.481 e. The molecule has 2 rings (SSSR count). The van der Waals surface area contributed by atoms with Crippen LogP contribution in [0, 0.1) is 5.92 Å². The van der Waals surface area contributed by atoms with Crippen LogP contribution in [-0.4, -0.2) is 42.7 Å². The molecule has 0 bridgehead atoms. The molecule has 1 fully saturated rings. The number of carboxylic acids is 1. The molecule has 2 heterocycles. The molecule has 1 aliphatic rings. The van der Waals surface area contributed by atoms with Gasteiger partial charge < -0.3 is 15.3 Å². The van der Waals surface area contributed by atoms with Crippen molar-refractivity contribution in [2.75, 3.05) is 26.7 Å². The number of nitrogens with zero attached hydrogens (tertiary/aromatic N) is 1. The SMILES string of the molecule is CN1CCCC(CNC(CC(=O)O)c2cccs2)C1. The van der Waals surface area contributed by atoms with Crippen LogP contribution < -0.4 is 5.32 Å². The molecule has 4 nitrogen and oxygen atoms in total. The number of rotatable bonds is 6. The van der Waals surface area contributed by atoms with Crippen molar-refractivity contribution < 1.29 is 9.90 Å². The van der Waals surface area contributed by atoms with Crippen LogP contribution in [0.3, 0.4) is 0 Å². The molecule has 5 heteroatoms. The Morgan fingerprint density at radius 1 is 1.68 bits per heavy atom. The number of carboxylic acid groups (broad SMARTS) is 1. The van der Waals surface area contributed by atoms with Gasteiger partial charge in [0.2, 0.25) is 0 Å². The third-order valence-corrected chi connectivity index (χ3v) is 4.63. The van der Waals surface area contributed by atoms with Crippen molar-refractivity contribution in [3.05, 3.63) is 22.4 Å². The van der Waals surface area contributed by atoms with Crippen LogP contribution in [0.2, 0.25) is 0 Å². The van der Waals surface area contributed by atoms with Crippen LogP contribution >= 0.6 is 11.3 Å². The van der Waals surface area contributed by atoms with Crippen molar-refractivity contribution in [1.29, 1.82) is 0 Å². The van der Waals surface area contributed by atoms with E-state index < -0.39 is 5.97 Å². The molecular weight excluding hydrogens is 260 g/mol. The number of thiophene rings is 1. The molecule has 0 amide bonds. The van der Waals surface area contributed by atoms with Gasteiger partial charge in [0.25, 0.3) is 0 Å². The number of piperidine rings is 1. The minimum atomic E-state index is -0.744. The van der Waals surface area contributed by atoms with Gasteiger partial charge in [0.05, 0.1) is 12.5 Å². The van der Waals surface area contributed by atoms with Gasteiger partial charge in [-0.15, -0.1) is 11.3 Å². The Balaban J connectivity index is 1.87. The topological polar surface area (TPSA) is 52.6 Å². The predicted molar refractivity (Wildman–Crippen MR) is 77.5 cm³/mol. The Labute approximate surface area is 118 Å². The summed E-state index contributed by atoms with van der Waals surface area (Å²) in [5, 5.41) is 14.5. The number of hydrogen-bond donors (Lipinski definition) is 2. The summed E-state index contributed by atoms with van der Waals surface area (Å²) >= 11 is 1.62. The lowest BCUT2D eigenvalue weighted by Crippen LogP contribution is -2.38. The van der Waals surface area contributed by atoms with E-state index in [9.17, 15) is 4.79 Å². The van der Waals surface area contributed by atoms with Crippen LogP contribution in [0.1, 0.15) is 30.2 Å². The lowest BCUT2D eigenvalue weighted by Gasteiger charge is -2.30. The van der Waals surface area contributed by atoms with E-state index in [2.05, 4.69) is 17.3 Å². The third-order valence-electron chi connectivity index (χ3n) is 3.64. The first kappa shape index (κ1) is 14.5. The zero-order valence-electron chi connectivity index (χ0n) is 11.3. The first-order valence-corrected chi connectivity index (χ1v) is 7.70. The zero-order chi connectivity index (χ0) is 13.7. The monoisotopic (exact) mass is 282 g/mol. The molecular formula is C14H22N2O2S. The molecule has 0 spiro atoms. The van der Waals surface area contributed by atoms with Gasteiger partial charge in [0.1, 0.15) is 0 Å².